The zero-order valence-corrected chi connectivity index (χ0v) is 20.1. The number of carbonyl (C=O) groups is 1. The van der Waals surface area contributed by atoms with Crippen molar-refractivity contribution in [2.45, 2.75) is 31.9 Å². The SMILES string of the molecule is O=C(C1CCN(c2nnc(-c3ccc(C(F)(F)F)cc3)c(-c3ccncc3Cl)n2)CC1)N1CCCC1. The number of hydrogen-bond acceptors (Lipinski definition) is 6. The number of halogens is 4. The maximum atomic E-state index is 13.0. The van der Waals surface area contributed by atoms with Crippen LogP contribution in [0.4, 0.5) is 19.1 Å². The fourth-order valence-electron chi connectivity index (χ4n) is 4.74. The third kappa shape index (κ3) is 5.00. The Hall–Kier alpha value is -3.27. The summed E-state index contributed by atoms with van der Waals surface area (Å²) in [6, 6.07) is 6.39. The van der Waals surface area contributed by atoms with Gasteiger partial charge >= 0.3 is 6.18 Å². The van der Waals surface area contributed by atoms with Crippen molar-refractivity contribution in [3.63, 3.8) is 0 Å². The molecule has 11 heteroatoms. The first kappa shape index (κ1) is 24.4. The summed E-state index contributed by atoms with van der Waals surface area (Å²) >= 11 is 6.40. The van der Waals surface area contributed by atoms with Crippen molar-refractivity contribution >= 4 is 23.5 Å². The number of pyridine rings is 1. The summed E-state index contributed by atoms with van der Waals surface area (Å²) in [6.07, 6.45) is 2.13. The predicted molar refractivity (Wildman–Crippen MR) is 129 cm³/mol. The highest BCUT2D eigenvalue weighted by Crippen LogP contribution is 2.36. The van der Waals surface area contributed by atoms with Gasteiger partial charge in [0.1, 0.15) is 11.4 Å². The van der Waals surface area contributed by atoms with Crippen LogP contribution in [0, 0.1) is 5.92 Å². The van der Waals surface area contributed by atoms with E-state index in [0.717, 1.165) is 38.1 Å². The Bertz CT molecular complexity index is 1240. The van der Waals surface area contributed by atoms with E-state index in [1.807, 2.05) is 9.80 Å². The second-order valence-electron chi connectivity index (χ2n) is 9.03. The van der Waals surface area contributed by atoms with Crippen molar-refractivity contribution in [3.8, 4) is 22.5 Å². The highest BCUT2D eigenvalue weighted by Gasteiger charge is 2.32. The van der Waals surface area contributed by atoms with Gasteiger partial charge in [0.25, 0.3) is 0 Å². The van der Waals surface area contributed by atoms with E-state index in [4.69, 9.17) is 16.6 Å². The molecule has 0 spiro atoms. The van der Waals surface area contributed by atoms with Crippen LogP contribution in [-0.4, -0.2) is 57.2 Å². The molecule has 0 atom stereocenters. The first-order valence-electron chi connectivity index (χ1n) is 11.9. The van der Waals surface area contributed by atoms with Gasteiger partial charge in [-0.2, -0.15) is 13.2 Å². The van der Waals surface area contributed by atoms with Crippen molar-refractivity contribution in [2.75, 3.05) is 31.1 Å². The lowest BCUT2D eigenvalue weighted by molar-refractivity contribution is -0.137. The summed E-state index contributed by atoms with van der Waals surface area (Å²) in [4.78, 5) is 25.5. The normalized spacial score (nSPS) is 17.0. The van der Waals surface area contributed by atoms with E-state index in [9.17, 15) is 18.0 Å². The summed E-state index contributed by atoms with van der Waals surface area (Å²) in [5, 5.41) is 9.00. The number of alkyl halides is 3. The van der Waals surface area contributed by atoms with Crippen LogP contribution in [0.2, 0.25) is 5.02 Å². The maximum absolute atomic E-state index is 13.0. The average molecular weight is 517 g/mol. The van der Waals surface area contributed by atoms with Crippen molar-refractivity contribution < 1.29 is 18.0 Å². The molecule has 36 heavy (non-hydrogen) atoms. The monoisotopic (exact) mass is 516 g/mol. The molecule has 0 bridgehead atoms. The number of likely N-dealkylation sites (tertiary alicyclic amines) is 1. The van der Waals surface area contributed by atoms with Crippen molar-refractivity contribution in [2.24, 2.45) is 5.92 Å². The second kappa shape index (κ2) is 10.0. The Labute approximate surface area is 211 Å². The van der Waals surface area contributed by atoms with E-state index in [2.05, 4.69) is 15.2 Å². The molecule has 4 heterocycles. The van der Waals surface area contributed by atoms with Crippen LogP contribution in [-0.2, 0) is 11.0 Å². The van der Waals surface area contributed by atoms with Gasteiger partial charge in [-0.1, -0.05) is 23.7 Å². The van der Waals surface area contributed by atoms with E-state index in [0.29, 0.717) is 59.4 Å². The molecular weight excluding hydrogens is 493 g/mol. The first-order valence-corrected chi connectivity index (χ1v) is 12.2. The van der Waals surface area contributed by atoms with Gasteiger partial charge in [-0.3, -0.25) is 9.78 Å². The Balaban J connectivity index is 1.43. The molecule has 3 aromatic rings. The highest BCUT2D eigenvalue weighted by atomic mass is 35.5. The number of hydrogen-bond donors (Lipinski definition) is 0. The van der Waals surface area contributed by atoms with Crippen LogP contribution in [0.5, 0.6) is 0 Å². The number of piperidine rings is 1. The van der Waals surface area contributed by atoms with Crippen molar-refractivity contribution in [3.05, 3.63) is 53.3 Å². The third-order valence-electron chi connectivity index (χ3n) is 6.73. The molecule has 0 N–H and O–H groups in total. The number of benzene rings is 1. The van der Waals surface area contributed by atoms with Crippen LogP contribution < -0.4 is 4.90 Å². The Morgan fingerprint density at radius 3 is 2.28 bits per heavy atom. The molecule has 188 valence electrons. The smallest absolute Gasteiger partial charge is 0.342 e. The molecular formula is C25H24ClF3N6O. The number of aromatic nitrogens is 4. The van der Waals surface area contributed by atoms with E-state index in [1.165, 1.54) is 18.3 Å². The minimum Gasteiger partial charge on any atom is -0.342 e. The predicted octanol–water partition coefficient (Wildman–Crippen LogP) is 5.11. The molecule has 5 rings (SSSR count). The van der Waals surface area contributed by atoms with E-state index >= 15 is 0 Å². The molecule has 2 fully saturated rings. The summed E-state index contributed by atoms with van der Waals surface area (Å²) in [5.41, 5.74) is 0.963. The number of nitrogens with zero attached hydrogens (tertiary/aromatic N) is 6. The minimum absolute atomic E-state index is 0.00663. The lowest BCUT2D eigenvalue weighted by Gasteiger charge is -2.33. The van der Waals surface area contributed by atoms with Crippen LogP contribution in [0.25, 0.3) is 22.5 Å². The van der Waals surface area contributed by atoms with Crippen LogP contribution >= 0.6 is 11.6 Å². The maximum Gasteiger partial charge on any atom is 0.416 e. The molecule has 1 amide bonds. The van der Waals surface area contributed by atoms with Gasteiger partial charge in [-0.05, 0) is 43.9 Å². The summed E-state index contributed by atoms with van der Waals surface area (Å²) in [6.45, 7) is 2.89. The Morgan fingerprint density at radius 2 is 1.64 bits per heavy atom. The van der Waals surface area contributed by atoms with Crippen molar-refractivity contribution in [1.82, 2.24) is 25.1 Å². The molecule has 7 nitrogen and oxygen atoms in total. The Morgan fingerprint density at radius 1 is 0.944 bits per heavy atom. The summed E-state index contributed by atoms with van der Waals surface area (Å²) < 4.78 is 39.1. The number of rotatable bonds is 4. The lowest BCUT2D eigenvalue weighted by Crippen LogP contribution is -2.42. The number of amides is 1. The fourth-order valence-corrected chi connectivity index (χ4v) is 4.95. The summed E-state index contributed by atoms with van der Waals surface area (Å²) in [7, 11) is 0. The van der Waals surface area contributed by atoms with E-state index < -0.39 is 11.7 Å². The highest BCUT2D eigenvalue weighted by molar-refractivity contribution is 6.33. The molecule has 1 aromatic carbocycles. The zero-order valence-electron chi connectivity index (χ0n) is 19.4. The van der Waals surface area contributed by atoms with Crippen molar-refractivity contribution in [1.29, 1.82) is 0 Å². The number of anilines is 1. The molecule has 0 aliphatic carbocycles. The molecule has 0 unspecified atom stereocenters. The molecule has 0 saturated carbocycles. The first-order chi connectivity index (χ1) is 17.3. The fraction of sp³-hybridized carbons (Fsp3) is 0.400. The Kier molecular flexibility index (Phi) is 6.79. The molecule has 2 aliphatic heterocycles. The molecule has 2 saturated heterocycles. The topological polar surface area (TPSA) is 75.1 Å². The second-order valence-corrected chi connectivity index (χ2v) is 9.44. The van der Waals surface area contributed by atoms with Gasteiger partial charge in [-0.15, -0.1) is 10.2 Å². The van der Waals surface area contributed by atoms with E-state index in [-0.39, 0.29) is 11.8 Å². The molecule has 2 aromatic heterocycles. The quantitative estimate of drug-likeness (QED) is 0.479. The average Bonchev–Trinajstić information content (AvgIpc) is 3.43. The van der Waals surface area contributed by atoms with Crippen LogP contribution in [0.15, 0.2) is 42.7 Å². The largest absolute Gasteiger partial charge is 0.416 e. The molecule has 0 radical (unpaired) electrons. The standard InChI is InChI=1S/C25H24ClF3N6O/c26-20-15-30-10-7-19(20)22-21(16-3-5-18(6-4-16)25(27,28)29)32-33-24(31-22)35-13-8-17(9-14-35)23(36)34-11-1-2-12-34/h3-7,10,15,17H,1-2,8-9,11-14H2. The molecule has 2 aliphatic rings. The van der Waals surface area contributed by atoms with Gasteiger partial charge in [0, 0.05) is 55.6 Å². The third-order valence-corrected chi connectivity index (χ3v) is 7.03. The lowest BCUT2D eigenvalue weighted by atomic mass is 9.95. The van der Waals surface area contributed by atoms with Gasteiger partial charge < -0.3 is 9.80 Å². The van der Waals surface area contributed by atoms with E-state index in [1.54, 1.807) is 12.3 Å². The van der Waals surface area contributed by atoms with Gasteiger partial charge in [0.05, 0.1) is 10.6 Å². The summed E-state index contributed by atoms with van der Waals surface area (Å²) in [5.74, 6) is 0.613. The van der Waals surface area contributed by atoms with Gasteiger partial charge in [0.15, 0.2) is 0 Å². The van der Waals surface area contributed by atoms with Gasteiger partial charge in [0.2, 0.25) is 11.9 Å². The minimum atomic E-state index is -4.44. The zero-order chi connectivity index (χ0) is 25.3. The van der Waals surface area contributed by atoms with Crippen LogP contribution in [0.3, 0.4) is 0 Å². The van der Waals surface area contributed by atoms with Crippen LogP contribution in [0.1, 0.15) is 31.2 Å². The van der Waals surface area contributed by atoms with Gasteiger partial charge in [-0.25, -0.2) is 4.98 Å². The number of carbonyl (C=O) groups excluding carboxylic acids is 1.